The Kier molecular flexibility index (Phi) is 7.49. The minimum atomic E-state index is -3.69. The van der Waals surface area contributed by atoms with Crippen LogP contribution in [0.2, 0.25) is 0 Å². The Balaban J connectivity index is 1.11. The summed E-state index contributed by atoms with van der Waals surface area (Å²) >= 11 is 0. The van der Waals surface area contributed by atoms with Gasteiger partial charge in [-0.25, -0.2) is 13.1 Å². The zero-order chi connectivity index (χ0) is 27.7. The Morgan fingerprint density at radius 1 is 0.925 bits per heavy atom. The van der Waals surface area contributed by atoms with Crippen LogP contribution in [0.4, 0.5) is 0 Å². The average molecular weight is 557 g/mol. The lowest BCUT2D eigenvalue weighted by atomic mass is 9.85. The number of rotatable bonds is 6. The van der Waals surface area contributed by atoms with E-state index >= 15 is 0 Å². The summed E-state index contributed by atoms with van der Waals surface area (Å²) in [7, 11) is -3.69. The lowest BCUT2D eigenvalue weighted by Gasteiger charge is -2.40. The van der Waals surface area contributed by atoms with E-state index in [1.54, 1.807) is 12.1 Å². The molecule has 0 spiro atoms. The van der Waals surface area contributed by atoms with E-state index in [4.69, 9.17) is 0 Å². The number of fused-ring (bicyclic) bond motifs is 1. The van der Waals surface area contributed by atoms with Crippen LogP contribution in [0.3, 0.4) is 0 Å². The number of nitrogens with one attached hydrogen (secondary N) is 3. The smallest absolute Gasteiger partial charge is 0.240 e. The van der Waals surface area contributed by atoms with Gasteiger partial charge in [-0.2, -0.15) is 0 Å². The molecule has 0 unspecified atom stereocenters. The number of hydrogen-bond acceptors (Lipinski definition) is 4. The Bertz CT molecular complexity index is 1610. The second-order valence-electron chi connectivity index (χ2n) is 11.1. The molecule has 40 heavy (non-hydrogen) atoms. The van der Waals surface area contributed by atoms with Gasteiger partial charge in [-0.3, -0.25) is 4.79 Å². The summed E-state index contributed by atoms with van der Waals surface area (Å²) in [6, 6.07) is 25.5. The molecule has 2 heterocycles. The Morgan fingerprint density at radius 2 is 1.68 bits per heavy atom. The van der Waals surface area contributed by atoms with Crippen LogP contribution in [0, 0.1) is 12.8 Å². The first-order valence-electron chi connectivity index (χ1n) is 14.2. The summed E-state index contributed by atoms with van der Waals surface area (Å²) in [6.07, 6.45) is 2.68. The Labute approximate surface area is 236 Å². The second-order valence-corrected chi connectivity index (χ2v) is 12.8. The van der Waals surface area contributed by atoms with Gasteiger partial charge in [0, 0.05) is 53.8 Å². The van der Waals surface area contributed by atoms with Crippen molar-refractivity contribution in [1.82, 2.24) is 19.9 Å². The molecule has 0 radical (unpaired) electrons. The predicted molar refractivity (Wildman–Crippen MR) is 158 cm³/mol. The van der Waals surface area contributed by atoms with Gasteiger partial charge in [0.1, 0.15) is 0 Å². The third-order valence-corrected chi connectivity index (χ3v) is 9.97. The first kappa shape index (κ1) is 26.7. The lowest BCUT2D eigenvalue weighted by molar-refractivity contribution is -0.140. The fraction of sp³-hybridized carbons (Fsp3) is 0.344. The summed E-state index contributed by atoms with van der Waals surface area (Å²) in [5, 5.41) is 4.39. The molecule has 2 fully saturated rings. The van der Waals surface area contributed by atoms with Gasteiger partial charge in [-0.15, -0.1) is 0 Å². The summed E-state index contributed by atoms with van der Waals surface area (Å²) < 4.78 is 29.6. The maximum Gasteiger partial charge on any atom is 0.240 e. The fourth-order valence-corrected chi connectivity index (χ4v) is 7.55. The molecule has 1 aromatic heterocycles. The van der Waals surface area contributed by atoms with Crippen molar-refractivity contribution in [1.29, 1.82) is 0 Å². The Hall–Kier alpha value is -3.46. The standard InChI is InChI=1S/C32H36N4O3S/c1-22-7-5-6-10-28(22)30-19-25-13-16-27(20-29(25)34-30)40(38,39)35-26-14-11-24(12-15-26)32(37)36-18-17-33-21-31(36)23-8-3-2-4-9-23/h2-10,13,16,19-20,24,26,31,33-35H,11-12,14-15,17-18,21H2,1H3/t24?,26?,31-/m1/s1. The summed E-state index contributed by atoms with van der Waals surface area (Å²) in [4.78, 5) is 19.2. The predicted octanol–water partition coefficient (Wildman–Crippen LogP) is 5.15. The van der Waals surface area contributed by atoms with Gasteiger partial charge in [-0.1, -0.05) is 60.7 Å². The van der Waals surface area contributed by atoms with Crippen molar-refractivity contribution in [2.45, 2.75) is 49.6 Å². The third-order valence-electron chi connectivity index (χ3n) is 8.45. The number of hydrogen-bond donors (Lipinski definition) is 3. The average Bonchev–Trinajstić information content (AvgIpc) is 3.41. The third kappa shape index (κ3) is 5.44. The molecular formula is C32H36N4O3S. The van der Waals surface area contributed by atoms with Gasteiger partial charge in [0.15, 0.2) is 0 Å². The quantitative estimate of drug-likeness (QED) is 0.306. The molecule has 3 N–H and O–H groups in total. The SMILES string of the molecule is Cc1ccccc1-c1cc2ccc(S(=O)(=O)NC3CCC(C(=O)N4CCNC[C@@H]4c4ccccc4)CC3)cc2[nH]1. The molecule has 0 bridgehead atoms. The highest BCUT2D eigenvalue weighted by molar-refractivity contribution is 7.89. The van der Waals surface area contributed by atoms with Crippen LogP contribution in [0.1, 0.15) is 42.9 Å². The molecule has 1 aliphatic carbocycles. The number of piperazine rings is 1. The van der Waals surface area contributed by atoms with E-state index in [2.05, 4.69) is 52.3 Å². The van der Waals surface area contributed by atoms with Crippen LogP contribution in [-0.2, 0) is 14.8 Å². The summed E-state index contributed by atoms with van der Waals surface area (Å²) in [6.45, 7) is 4.30. The highest BCUT2D eigenvalue weighted by Crippen LogP contribution is 2.32. The van der Waals surface area contributed by atoms with E-state index in [-0.39, 0.29) is 28.8 Å². The maximum atomic E-state index is 13.6. The van der Waals surface area contributed by atoms with Crippen LogP contribution in [0.5, 0.6) is 0 Å². The van der Waals surface area contributed by atoms with E-state index in [9.17, 15) is 13.2 Å². The van der Waals surface area contributed by atoms with Crippen molar-refractivity contribution in [2.75, 3.05) is 19.6 Å². The minimum Gasteiger partial charge on any atom is -0.354 e. The lowest BCUT2D eigenvalue weighted by Crippen LogP contribution is -2.51. The van der Waals surface area contributed by atoms with Gasteiger partial charge in [-0.05, 0) is 61.9 Å². The van der Waals surface area contributed by atoms with Crippen molar-refractivity contribution in [3.8, 4) is 11.3 Å². The number of carbonyl (C=O) groups is 1. The van der Waals surface area contributed by atoms with E-state index in [0.29, 0.717) is 32.2 Å². The van der Waals surface area contributed by atoms with Gasteiger partial charge < -0.3 is 15.2 Å². The molecule has 1 saturated heterocycles. The van der Waals surface area contributed by atoms with E-state index < -0.39 is 10.0 Å². The molecule has 208 valence electrons. The highest BCUT2D eigenvalue weighted by Gasteiger charge is 2.35. The summed E-state index contributed by atoms with van der Waals surface area (Å²) in [5.41, 5.74) is 5.17. The second kappa shape index (κ2) is 11.2. The molecular weight excluding hydrogens is 520 g/mol. The van der Waals surface area contributed by atoms with E-state index in [1.807, 2.05) is 41.3 Å². The van der Waals surface area contributed by atoms with Crippen LogP contribution in [0.25, 0.3) is 22.2 Å². The van der Waals surface area contributed by atoms with Crippen molar-refractivity contribution in [2.24, 2.45) is 5.92 Å². The largest absolute Gasteiger partial charge is 0.354 e. The van der Waals surface area contributed by atoms with Gasteiger partial charge in [0.2, 0.25) is 15.9 Å². The van der Waals surface area contributed by atoms with Crippen molar-refractivity contribution in [3.05, 3.63) is 90.0 Å². The van der Waals surface area contributed by atoms with Crippen molar-refractivity contribution in [3.63, 3.8) is 0 Å². The monoisotopic (exact) mass is 556 g/mol. The van der Waals surface area contributed by atoms with Crippen LogP contribution < -0.4 is 10.0 Å². The molecule has 1 saturated carbocycles. The molecule has 7 nitrogen and oxygen atoms in total. The molecule has 2 aliphatic rings. The maximum absolute atomic E-state index is 13.6. The van der Waals surface area contributed by atoms with Crippen molar-refractivity contribution >= 4 is 26.8 Å². The molecule has 8 heteroatoms. The number of benzene rings is 3. The number of H-pyrrole nitrogens is 1. The zero-order valence-corrected chi connectivity index (χ0v) is 23.6. The first-order valence-corrected chi connectivity index (χ1v) is 15.6. The normalized spacial score (nSPS) is 21.9. The fourth-order valence-electron chi connectivity index (χ4n) is 6.21. The number of aromatic nitrogens is 1. The number of aromatic amines is 1. The molecule has 4 aromatic rings. The molecule has 3 aromatic carbocycles. The number of aryl methyl sites for hydroxylation is 1. The topological polar surface area (TPSA) is 94.3 Å². The van der Waals surface area contributed by atoms with Gasteiger partial charge >= 0.3 is 0 Å². The summed E-state index contributed by atoms with van der Waals surface area (Å²) in [5.74, 6) is 0.124. The molecule has 6 rings (SSSR count). The van der Waals surface area contributed by atoms with Gasteiger partial charge in [0.25, 0.3) is 0 Å². The van der Waals surface area contributed by atoms with Crippen LogP contribution in [0.15, 0.2) is 83.8 Å². The molecule has 1 aliphatic heterocycles. The minimum absolute atomic E-state index is 0.0351. The number of nitrogens with zero attached hydrogens (tertiary/aromatic N) is 1. The van der Waals surface area contributed by atoms with Crippen LogP contribution in [-0.4, -0.2) is 49.9 Å². The Morgan fingerprint density at radius 3 is 2.45 bits per heavy atom. The first-order chi connectivity index (χ1) is 19.4. The van der Waals surface area contributed by atoms with E-state index in [0.717, 1.165) is 46.4 Å². The highest BCUT2D eigenvalue weighted by atomic mass is 32.2. The number of amides is 1. The van der Waals surface area contributed by atoms with E-state index in [1.165, 1.54) is 0 Å². The molecule has 1 atom stereocenters. The number of carbonyl (C=O) groups excluding carboxylic acids is 1. The zero-order valence-electron chi connectivity index (χ0n) is 22.8. The number of sulfonamides is 1. The molecule has 1 amide bonds. The van der Waals surface area contributed by atoms with Crippen LogP contribution >= 0.6 is 0 Å². The van der Waals surface area contributed by atoms with Gasteiger partial charge in [0.05, 0.1) is 10.9 Å². The van der Waals surface area contributed by atoms with Crippen molar-refractivity contribution < 1.29 is 13.2 Å².